The molecule has 0 spiro atoms. The third-order valence-electron chi connectivity index (χ3n) is 2.79. The molecular formula is C10H13N5. The van der Waals surface area contributed by atoms with Gasteiger partial charge in [0.15, 0.2) is 5.65 Å². The number of fused-ring (bicyclic) bond motifs is 1. The van der Waals surface area contributed by atoms with Crippen molar-refractivity contribution in [1.29, 1.82) is 0 Å². The smallest absolute Gasteiger partial charge is 0.240 e. The Morgan fingerprint density at radius 2 is 2.00 bits per heavy atom. The van der Waals surface area contributed by atoms with Gasteiger partial charge in [-0.2, -0.15) is 9.50 Å². The summed E-state index contributed by atoms with van der Waals surface area (Å²) in [6, 6.07) is 5.98. The van der Waals surface area contributed by atoms with Crippen LogP contribution in [0.1, 0.15) is 12.8 Å². The van der Waals surface area contributed by atoms with Gasteiger partial charge in [0, 0.05) is 13.1 Å². The molecule has 5 nitrogen and oxygen atoms in total. The number of nitrogen functional groups attached to an aromatic ring is 1. The van der Waals surface area contributed by atoms with Crippen LogP contribution in [0.5, 0.6) is 0 Å². The number of anilines is 2. The van der Waals surface area contributed by atoms with Crippen LogP contribution < -0.4 is 10.6 Å². The normalized spacial score (nSPS) is 16.4. The average molecular weight is 203 g/mol. The highest BCUT2D eigenvalue weighted by atomic mass is 15.4. The van der Waals surface area contributed by atoms with Crippen LogP contribution in [0.2, 0.25) is 0 Å². The van der Waals surface area contributed by atoms with E-state index in [4.69, 9.17) is 5.73 Å². The molecule has 0 aliphatic carbocycles. The second-order valence-corrected chi connectivity index (χ2v) is 3.82. The van der Waals surface area contributed by atoms with Crippen molar-refractivity contribution in [3.8, 4) is 0 Å². The maximum atomic E-state index is 5.60. The van der Waals surface area contributed by atoms with E-state index in [1.807, 2.05) is 16.6 Å². The fourth-order valence-electron chi connectivity index (χ4n) is 2.09. The van der Waals surface area contributed by atoms with Crippen molar-refractivity contribution in [1.82, 2.24) is 14.6 Å². The monoisotopic (exact) mass is 203 g/mol. The maximum absolute atomic E-state index is 5.60. The first-order valence-electron chi connectivity index (χ1n) is 5.21. The van der Waals surface area contributed by atoms with E-state index in [9.17, 15) is 0 Å². The van der Waals surface area contributed by atoms with Crippen LogP contribution in [0.25, 0.3) is 5.65 Å². The van der Waals surface area contributed by atoms with Crippen LogP contribution >= 0.6 is 0 Å². The minimum Gasteiger partial charge on any atom is -0.366 e. The number of nitrogens with zero attached hydrogens (tertiary/aromatic N) is 4. The van der Waals surface area contributed by atoms with Crippen molar-refractivity contribution < 1.29 is 0 Å². The summed E-state index contributed by atoms with van der Waals surface area (Å²) < 4.78 is 1.82. The second-order valence-electron chi connectivity index (χ2n) is 3.82. The van der Waals surface area contributed by atoms with E-state index in [2.05, 4.69) is 21.0 Å². The Morgan fingerprint density at radius 1 is 1.20 bits per heavy atom. The number of hydrogen-bond donors (Lipinski definition) is 1. The highest BCUT2D eigenvalue weighted by molar-refractivity contribution is 5.52. The molecule has 0 radical (unpaired) electrons. The molecule has 15 heavy (non-hydrogen) atoms. The number of pyridine rings is 1. The van der Waals surface area contributed by atoms with Crippen LogP contribution in [-0.2, 0) is 0 Å². The highest BCUT2D eigenvalue weighted by Gasteiger charge is 2.15. The van der Waals surface area contributed by atoms with Crippen LogP contribution in [0.4, 0.5) is 11.8 Å². The Labute approximate surface area is 87.5 Å². The van der Waals surface area contributed by atoms with Gasteiger partial charge < -0.3 is 10.6 Å². The molecule has 0 saturated carbocycles. The molecular weight excluding hydrogens is 190 g/mol. The summed E-state index contributed by atoms with van der Waals surface area (Å²) in [6.45, 7) is 2.19. The molecule has 3 heterocycles. The summed E-state index contributed by atoms with van der Waals surface area (Å²) >= 11 is 0. The van der Waals surface area contributed by atoms with Gasteiger partial charge in [-0.3, -0.25) is 0 Å². The van der Waals surface area contributed by atoms with Crippen molar-refractivity contribution in [2.24, 2.45) is 0 Å². The van der Waals surface area contributed by atoms with Crippen molar-refractivity contribution in [3.05, 3.63) is 18.2 Å². The van der Waals surface area contributed by atoms with Crippen molar-refractivity contribution in [3.63, 3.8) is 0 Å². The molecule has 2 aromatic heterocycles. The van der Waals surface area contributed by atoms with Crippen LogP contribution in [0.15, 0.2) is 18.2 Å². The summed E-state index contributed by atoms with van der Waals surface area (Å²) in [5.41, 5.74) is 6.41. The van der Waals surface area contributed by atoms with Gasteiger partial charge >= 0.3 is 0 Å². The first kappa shape index (κ1) is 8.52. The lowest BCUT2D eigenvalue weighted by Crippen LogP contribution is -2.20. The molecule has 78 valence electrons. The Kier molecular flexibility index (Phi) is 1.77. The van der Waals surface area contributed by atoms with Crippen LogP contribution in [0.3, 0.4) is 0 Å². The van der Waals surface area contributed by atoms with E-state index in [-0.39, 0.29) is 0 Å². The summed E-state index contributed by atoms with van der Waals surface area (Å²) in [5, 5.41) is 4.20. The topological polar surface area (TPSA) is 59.5 Å². The molecule has 0 unspecified atom stereocenters. The molecule has 1 saturated heterocycles. The van der Waals surface area contributed by atoms with Crippen molar-refractivity contribution >= 4 is 17.4 Å². The van der Waals surface area contributed by atoms with Crippen LogP contribution in [-0.4, -0.2) is 27.7 Å². The van der Waals surface area contributed by atoms with E-state index in [0.717, 1.165) is 24.6 Å². The molecule has 3 rings (SSSR count). The minimum absolute atomic E-state index is 0.335. The quantitative estimate of drug-likeness (QED) is 0.748. The zero-order valence-corrected chi connectivity index (χ0v) is 8.43. The molecule has 2 aromatic rings. The van der Waals surface area contributed by atoms with E-state index in [0.29, 0.717) is 5.95 Å². The van der Waals surface area contributed by atoms with Gasteiger partial charge in [-0.15, -0.1) is 5.10 Å². The summed E-state index contributed by atoms with van der Waals surface area (Å²) in [4.78, 5) is 6.47. The van der Waals surface area contributed by atoms with Gasteiger partial charge in [0.05, 0.1) is 0 Å². The Morgan fingerprint density at radius 3 is 2.80 bits per heavy atom. The largest absolute Gasteiger partial charge is 0.366 e. The predicted molar refractivity (Wildman–Crippen MR) is 58.8 cm³/mol. The predicted octanol–water partition coefficient (Wildman–Crippen LogP) is 0.912. The molecule has 2 N–H and O–H groups in total. The lowest BCUT2D eigenvalue weighted by Gasteiger charge is -2.17. The van der Waals surface area contributed by atoms with Gasteiger partial charge in [0.25, 0.3) is 0 Å². The lowest BCUT2D eigenvalue weighted by atomic mass is 10.4. The molecule has 0 atom stereocenters. The standard InChI is InChI=1S/C10H13N5/c11-10-12-8-4-3-5-9(15(8)13-10)14-6-1-2-7-14/h3-5H,1-2,6-7H2,(H2,11,13). The van der Waals surface area contributed by atoms with Gasteiger partial charge in [-0.1, -0.05) is 6.07 Å². The molecule has 5 heteroatoms. The maximum Gasteiger partial charge on any atom is 0.240 e. The van der Waals surface area contributed by atoms with Gasteiger partial charge in [-0.25, -0.2) is 0 Å². The molecule has 1 aliphatic heterocycles. The zero-order chi connectivity index (χ0) is 10.3. The highest BCUT2D eigenvalue weighted by Crippen LogP contribution is 2.20. The Bertz CT molecular complexity index is 484. The van der Waals surface area contributed by atoms with E-state index < -0.39 is 0 Å². The number of aromatic nitrogens is 3. The van der Waals surface area contributed by atoms with E-state index >= 15 is 0 Å². The molecule has 1 fully saturated rings. The molecule has 0 aromatic carbocycles. The minimum atomic E-state index is 0.335. The van der Waals surface area contributed by atoms with E-state index in [1.54, 1.807) is 0 Å². The lowest BCUT2D eigenvalue weighted by molar-refractivity contribution is 0.864. The number of hydrogen-bond acceptors (Lipinski definition) is 4. The molecule has 1 aliphatic rings. The Balaban J connectivity index is 2.16. The SMILES string of the molecule is Nc1nc2cccc(N3CCCC3)n2n1. The second kappa shape index (κ2) is 3.12. The average Bonchev–Trinajstić information content (AvgIpc) is 2.82. The third-order valence-corrected chi connectivity index (χ3v) is 2.79. The molecule has 0 amide bonds. The van der Waals surface area contributed by atoms with Gasteiger partial charge in [0.1, 0.15) is 5.82 Å². The van der Waals surface area contributed by atoms with Gasteiger partial charge in [0.2, 0.25) is 5.95 Å². The van der Waals surface area contributed by atoms with E-state index in [1.165, 1.54) is 12.8 Å². The number of nitrogens with two attached hydrogens (primary N) is 1. The first-order chi connectivity index (χ1) is 7.34. The van der Waals surface area contributed by atoms with Gasteiger partial charge in [-0.05, 0) is 25.0 Å². The zero-order valence-electron chi connectivity index (χ0n) is 8.43. The summed E-state index contributed by atoms with van der Waals surface area (Å²) in [6.07, 6.45) is 2.50. The van der Waals surface area contributed by atoms with Crippen LogP contribution in [0, 0.1) is 0 Å². The fourth-order valence-corrected chi connectivity index (χ4v) is 2.09. The summed E-state index contributed by atoms with van der Waals surface area (Å²) in [7, 11) is 0. The first-order valence-corrected chi connectivity index (χ1v) is 5.21. The summed E-state index contributed by atoms with van der Waals surface area (Å²) in [5.74, 6) is 1.43. The van der Waals surface area contributed by atoms with Crippen molar-refractivity contribution in [2.75, 3.05) is 23.7 Å². The Hall–Kier alpha value is -1.78. The van der Waals surface area contributed by atoms with Crippen molar-refractivity contribution in [2.45, 2.75) is 12.8 Å². The number of rotatable bonds is 1. The fraction of sp³-hybridized carbons (Fsp3) is 0.400. The third kappa shape index (κ3) is 1.31. The molecule has 0 bridgehead atoms.